The summed E-state index contributed by atoms with van der Waals surface area (Å²) >= 11 is 0. The molecular weight excluding hydrogens is 316 g/mol. The Morgan fingerprint density at radius 3 is 2.52 bits per heavy atom. The van der Waals surface area contributed by atoms with Crippen molar-refractivity contribution >= 4 is 6.29 Å². The van der Waals surface area contributed by atoms with Gasteiger partial charge in [-0.15, -0.1) is 0 Å². The van der Waals surface area contributed by atoms with Crippen LogP contribution in [0.2, 0.25) is 0 Å². The fraction of sp³-hybridized carbons (Fsp3) is 0.150. The van der Waals surface area contributed by atoms with Crippen molar-refractivity contribution in [2.24, 2.45) is 0 Å². The summed E-state index contributed by atoms with van der Waals surface area (Å²) in [5.74, 6) is 2.04. The van der Waals surface area contributed by atoms with E-state index >= 15 is 0 Å². The molecule has 126 valence electrons. The Balaban J connectivity index is 1.96. The lowest BCUT2D eigenvalue weighted by Crippen LogP contribution is -1.99. The van der Waals surface area contributed by atoms with Crippen LogP contribution in [0.4, 0.5) is 0 Å². The number of benzene rings is 2. The van der Waals surface area contributed by atoms with Crippen molar-refractivity contribution in [1.29, 1.82) is 0 Å². The molecule has 0 saturated heterocycles. The van der Waals surface area contributed by atoms with Crippen molar-refractivity contribution in [3.8, 4) is 28.6 Å². The Hall–Kier alpha value is -3.21. The van der Waals surface area contributed by atoms with Gasteiger partial charge < -0.3 is 9.47 Å². The van der Waals surface area contributed by atoms with Crippen LogP contribution in [0.3, 0.4) is 0 Å². The van der Waals surface area contributed by atoms with E-state index in [4.69, 9.17) is 9.47 Å². The zero-order chi connectivity index (χ0) is 17.6. The molecule has 0 bridgehead atoms. The van der Waals surface area contributed by atoms with E-state index in [1.807, 2.05) is 44.2 Å². The van der Waals surface area contributed by atoms with Crippen LogP contribution in [0.15, 0.2) is 54.6 Å². The lowest BCUT2D eigenvalue weighted by atomic mass is 10.1. The molecule has 1 aromatic heterocycles. The summed E-state index contributed by atoms with van der Waals surface area (Å²) in [5.41, 5.74) is 2.30. The maximum absolute atomic E-state index is 11.0. The molecule has 0 aliphatic rings. The standard InChI is InChI=1S/C20H18N2O3/c1-3-24-19-11-15(13-23)9-10-18(19)25-20-12-17(21-14(2)22-20)16-7-5-4-6-8-16/h4-13H,3H2,1-2H3. The Morgan fingerprint density at radius 2 is 1.80 bits per heavy atom. The van der Waals surface area contributed by atoms with Gasteiger partial charge in [0.15, 0.2) is 11.5 Å². The molecule has 5 heteroatoms. The maximum atomic E-state index is 11.0. The van der Waals surface area contributed by atoms with Crippen LogP contribution in [0.5, 0.6) is 17.4 Å². The molecule has 1 heterocycles. The molecule has 0 unspecified atom stereocenters. The largest absolute Gasteiger partial charge is 0.490 e. The summed E-state index contributed by atoms with van der Waals surface area (Å²) in [7, 11) is 0. The number of nitrogens with zero attached hydrogens (tertiary/aromatic N) is 2. The molecule has 0 saturated carbocycles. The second kappa shape index (κ2) is 7.57. The van der Waals surface area contributed by atoms with E-state index in [2.05, 4.69) is 9.97 Å². The number of carbonyl (C=O) groups is 1. The number of hydrogen-bond donors (Lipinski definition) is 0. The van der Waals surface area contributed by atoms with Crippen LogP contribution >= 0.6 is 0 Å². The number of carbonyl (C=O) groups excluding carboxylic acids is 1. The smallest absolute Gasteiger partial charge is 0.223 e. The van der Waals surface area contributed by atoms with Crippen LogP contribution in [0.25, 0.3) is 11.3 Å². The van der Waals surface area contributed by atoms with Gasteiger partial charge in [0.25, 0.3) is 0 Å². The van der Waals surface area contributed by atoms with Gasteiger partial charge in [0, 0.05) is 17.2 Å². The van der Waals surface area contributed by atoms with Crippen molar-refractivity contribution in [2.45, 2.75) is 13.8 Å². The predicted molar refractivity (Wildman–Crippen MR) is 95.3 cm³/mol. The number of aldehydes is 1. The van der Waals surface area contributed by atoms with Gasteiger partial charge in [-0.2, -0.15) is 4.98 Å². The molecule has 0 N–H and O–H groups in total. The highest BCUT2D eigenvalue weighted by Gasteiger charge is 2.11. The average Bonchev–Trinajstić information content (AvgIpc) is 2.63. The first-order valence-corrected chi connectivity index (χ1v) is 8.00. The van der Waals surface area contributed by atoms with E-state index in [1.54, 1.807) is 24.3 Å². The van der Waals surface area contributed by atoms with E-state index in [0.29, 0.717) is 35.4 Å². The molecule has 25 heavy (non-hydrogen) atoms. The third kappa shape index (κ3) is 4.01. The third-order valence-corrected chi connectivity index (χ3v) is 3.50. The molecule has 0 spiro atoms. The van der Waals surface area contributed by atoms with E-state index in [-0.39, 0.29) is 0 Å². The maximum Gasteiger partial charge on any atom is 0.223 e. The zero-order valence-corrected chi connectivity index (χ0v) is 14.1. The highest BCUT2D eigenvalue weighted by atomic mass is 16.5. The topological polar surface area (TPSA) is 61.3 Å². The molecule has 3 rings (SSSR count). The minimum atomic E-state index is 0.422. The highest BCUT2D eigenvalue weighted by Crippen LogP contribution is 2.32. The number of hydrogen-bond acceptors (Lipinski definition) is 5. The molecule has 0 aliphatic carbocycles. The highest BCUT2D eigenvalue weighted by molar-refractivity contribution is 5.76. The van der Waals surface area contributed by atoms with E-state index in [0.717, 1.165) is 17.5 Å². The lowest BCUT2D eigenvalue weighted by molar-refractivity contribution is 0.112. The second-order valence-corrected chi connectivity index (χ2v) is 5.36. The van der Waals surface area contributed by atoms with Gasteiger partial charge in [-0.05, 0) is 32.0 Å². The van der Waals surface area contributed by atoms with Gasteiger partial charge in [0.1, 0.15) is 12.1 Å². The lowest BCUT2D eigenvalue weighted by Gasteiger charge is -2.12. The van der Waals surface area contributed by atoms with E-state index in [9.17, 15) is 4.79 Å². The van der Waals surface area contributed by atoms with Crippen LogP contribution in [-0.2, 0) is 0 Å². The number of rotatable bonds is 6. The van der Waals surface area contributed by atoms with Crippen molar-refractivity contribution < 1.29 is 14.3 Å². The van der Waals surface area contributed by atoms with E-state index < -0.39 is 0 Å². The summed E-state index contributed by atoms with van der Waals surface area (Å²) in [6, 6.07) is 16.6. The van der Waals surface area contributed by atoms with Gasteiger partial charge in [-0.25, -0.2) is 4.98 Å². The van der Waals surface area contributed by atoms with Gasteiger partial charge in [0.2, 0.25) is 5.88 Å². The van der Waals surface area contributed by atoms with Crippen LogP contribution in [-0.4, -0.2) is 22.9 Å². The van der Waals surface area contributed by atoms with Crippen molar-refractivity contribution in [1.82, 2.24) is 9.97 Å². The fourth-order valence-corrected chi connectivity index (χ4v) is 2.41. The van der Waals surface area contributed by atoms with Crippen LogP contribution in [0.1, 0.15) is 23.1 Å². The molecule has 0 aliphatic heterocycles. The summed E-state index contributed by atoms with van der Waals surface area (Å²) < 4.78 is 11.5. The Labute approximate surface area is 146 Å². The SMILES string of the molecule is CCOc1cc(C=O)ccc1Oc1cc(-c2ccccc2)nc(C)n1. The third-order valence-electron chi connectivity index (χ3n) is 3.50. The summed E-state index contributed by atoms with van der Waals surface area (Å²) in [6.45, 7) is 4.16. The summed E-state index contributed by atoms with van der Waals surface area (Å²) in [4.78, 5) is 19.8. The first-order chi connectivity index (χ1) is 12.2. The first-order valence-electron chi connectivity index (χ1n) is 8.00. The molecule has 3 aromatic rings. The molecule has 0 radical (unpaired) electrons. The monoisotopic (exact) mass is 334 g/mol. The van der Waals surface area contributed by atoms with Gasteiger partial charge >= 0.3 is 0 Å². The quantitative estimate of drug-likeness (QED) is 0.623. The Bertz CT molecular complexity index is 879. The van der Waals surface area contributed by atoms with Gasteiger partial charge in [-0.1, -0.05) is 30.3 Å². The van der Waals surface area contributed by atoms with Gasteiger partial charge in [-0.3, -0.25) is 4.79 Å². The minimum Gasteiger partial charge on any atom is -0.490 e. The Morgan fingerprint density at radius 1 is 1.00 bits per heavy atom. The fourth-order valence-electron chi connectivity index (χ4n) is 2.41. The van der Waals surface area contributed by atoms with Crippen molar-refractivity contribution in [3.63, 3.8) is 0 Å². The minimum absolute atomic E-state index is 0.422. The molecule has 2 aromatic carbocycles. The zero-order valence-electron chi connectivity index (χ0n) is 14.1. The van der Waals surface area contributed by atoms with Crippen LogP contribution < -0.4 is 9.47 Å². The molecule has 0 amide bonds. The summed E-state index contributed by atoms with van der Waals surface area (Å²) in [6.07, 6.45) is 0.772. The molecule has 5 nitrogen and oxygen atoms in total. The second-order valence-electron chi connectivity index (χ2n) is 5.36. The van der Waals surface area contributed by atoms with E-state index in [1.165, 1.54) is 0 Å². The molecular formula is C20H18N2O3. The average molecular weight is 334 g/mol. The van der Waals surface area contributed by atoms with Crippen LogP contribution in [0, 0.1) is 6.92 Å². The number of aromatic nitrogens is 2. The number of ether oxygens (including phenoxy) is 2. The predicted octanol–water partition coefficient (Wildman–Crippen LogP) is 4.46. The first kappa shape index (κ1) is 16.6. The molecule has 0 atom stereocenters. The number of aryl methyl sites for hydroxylation is 1. The molecule has 0 fully saturated rings. The summed E-state index contributed by atoms with van der Waals surface area (Å²) in [5, 5.41) is 0. The van der Waals surface area contributed by atoms with Crippen molar-refractivity contribution in [2.75, 3.05) is 6.61 Å². The van der Waals surface area contributed by atoms with Gasteiger partial charge in [0.05, 0.1) is 12.3 Å². The normalized spacial score (nSPS) is 10.3. The van der Waals surface area contributed by atoms with Crippen molar-refractivity contribution in [3.05, 3.63) is 66.0 Å². The Kier molecular flexibility index (Phi) is 5.04.